The molecule has 2 heterocycles. The molecule has 0 saturated heterocycles. The van der Waals surface area contributed by atoms with Gasteiger partial charge in [-0.15, -0.1) is 21.5 Å². The largest absolute Gasteiger partial charge is 0.325 e. The fourth-order valence-electron chi connectivity index (χ4n) is 2.20. The number of para-hydroxylation sites is 1. The van der Waals surface area contributed by atoms with Gasteiger partial charge in [0.15, 0.2) is 5.16 Å². The van der Waals surface area contributed by atoms with Crippen LogP contribution in [0.25, 0.3) is 0 Å². The molecule has 0 atom stereocenters. The maximum absolute atomic E-state index is 13.5. The number of amides is 3. The second kappa shape index (κ2) is 8.78. The molecule has 0 radical (unpaired) electrons. The molecule has 140 valence electrons. The van der Waals surface area contributed by atoms with E-state index in [0.717, 1.165) is 5.82 Å². The van der Waals surface area contributed by atoms with Crippen molar-refractivity contribution in [2.75, 3.05) is 11.1 Å². The van der Waals surface area contributed by atoms with Gasteiger partial charge in [-0.05, 0) is 23.6 Å². The van der Waals surface area contributed by atoms with Gasteiger partial charge in [-0.3, -0.25) is 10.1 Å². The molecule has 10 heteroatoms. The van der Waals surface area contributed by atoms with Crippen molar-refractivity contribution in [1.29, 1.82) is 0 Å². The van der Waals surface area contributed by atoms with E-state index < -0.39 is 17.8 Å². The number of anilines is 1. The number of hydrogen-bond donors (Lipinski definition) is 2. The first-order chi connectivity index (χ1) is 13.0. The predicted octanol–water partition coefficient (Wildman–Crippen LogP) is 3.05. The fraction of sp³-hybridized carbons (Fsp3) is 0.176. The van der Waals surface area contributed by atoms with E-state index in [2.05, 4.69) is 20.8 Å². The molecule has 0 unspecified atom stereocenters. The van der Waals surface area contributed by atoms with Crippen molar-refractivity contribution >= 4 is 40.7 Å². The van der Waals surface area contributed by atoms with E-state index in [0.29, 0.717) is 11.6 Å². The van der Waals surface area contributed by atoms with Crippen LogP contribution in [0.15, 0.2) is 46.9 Å². The maximum Gasteiger partial charge on any atom is 0.325 e. The van der Waals surface area contributed by atoms with Gasteiger partial charge in [-0.2, -0.15) is 0 Å². The van der Waals surface area contributed by atoms with Crippen LogP contribution in [0.1, 0.15) is 10.7 Å². The quantitative estimate of drug-likeness (QED) is 0.616. The molecular weight excluding hydrogens is 389 g/mol. The lowest BCUT2D eigenvalue weighted by molar-refractivity contribution is -0.117. The van der Waals surface area contributed by atoms with E-state index in [1.807, 2.05) is 29.1 Å². The van der Waals surface area contributed by atoms with Crippen molar-refractivity contribution in [3.05, 3.63) is 58.3 Å². The topological polar surface area (TPSA) is 88.9 Å². The minimum Gasteiger partial charge on any atom is -0.309 e. The van der Waals surface area contributed by atoms with Gasteiger partial charge in [-0.1, -0.05) is 30.0 Å². The van der Waals surface area contributed by atoms with Crippen molar-refractivity contribution in [2.24, 2.45) is 7.05 Å². The molecule has 27 heavy (non-hydrogen) atoms. The van der Waals surface area contributed by atoms with Crippen LogP contribution < -0.4 is 10.6 Å². The number of carbonyl (C=O) groups is 2. The van der Waals surface area contributed by atoms with Crippen molar-refractivity contribution < 1.29 is 14.0 Å². The summed E-state index contributed by atoms with van der Waals surface area (Å²) in [6.45, 7) is 0. The molecule has 2 aromatic heterocycles. The van der Waals surface area contributed by atoms with Gasteiger partial charge in [0, 0.05) is 18.3 Å². The van der Waals surface area contributed by atoms with Gasteiger partial charge in [0.1, 0.15) is 11.6 Å². The smallest absolute Gasteiger partial charge is 0.309 e. The molecule has 0 aliphatic heterocycles. The standard InChI is InChI=1S/C17H16FN5O2S2/c1-23-14(9-11-5-4-8-26-11)21-22-17(23)27-10-15(24)20-16(25)19-13-7-3-2-6-12(13)18/h2-8H,9-10H2,1H3,(H2,19,20,24,25). The number of hydrogen-bond acceptors (Lipinski definition) is 6. The highest BCUT2D eigenvalue weighted by atomic mass is 32.2. The average Bonchev–Trinajstić information content (AvgIpc) is 3.26. The summed E-state index contributed by atoms with van der Waals surface area (Å²) < 4.78 is 15.3. The number of nitrogens with one attached hydrogen (secondary N) is 2. The zero-order valence-corrected chi connectivity index (χ0v) is 15.9. The van der Waals surface area contributed by atoms with Crippen LogP contribution in [0, 0.1) is 5.82 Å². The molecule has 3 aromatic rings. The first-order valence-corrected chi connectivity index (χ1v) is 9.78. The lowest BCUT2D eigenvalue weighted by Gasteiger charge is -2.07. The molecule has 1 aromatic carbocycles. The number of rotatable bonds is 6. The number of imide groups is 1. The lowest BCUT2D eigenvalue weighted by Crippen LogP contribution is -2.35. The Bertz CT molecular complexity index is 943. The van der Waals surface area contributed by atoms with E-state index in [9.17, 15) is 14.0 Å². The second-order valence-electron chi connectivity index (χ2n) is 5.48. The Hall–Kier alpha value is -2.72. The van der Waals surface area contributed by atoms with Crippen molar-refractivity contribution in [3.63, 3.8) is 0 Å². The summed E-state index contributed by atoms with van der Waals surface area (Å²) in [5.74, 6) is -0.323. The molecule has 0 aliphatic rings. The molecule has 7 nitrogen and oxygen atoms in total. The molecular formula is C17H16FN5O2S2. The molecule has 0 spiro atoms. The third-order valence-corrected chi connectivity index (χ3v) is 5.44. The normalized spacial score (nSPS) is 10.6. The number of carbonyl (C=O) groups excluding carboxylic acids is 2. The number of nitrogens with zero attached hydrogens (tertiary/aromatic N) is 3. The number of aromatic nitrogens is 3. The van der Waals surface area contributed by atoms with E-state index in [4.69, 9.17) is 0 Å². The summed E-state index contributed by atoms with van der Waals surface area (Å²) in [5.41, 5.74) is 0.00183. The second-order valence-corrected chi connectivity index (χ2v) is 7.46. The minimum atomic E-state index is -0.790. The van der Waals surface area contributed by atoms with Crippen molar-refractivity contribution in [3.8, 4) is 0 Å². The lowest BCUT2D eigenvalue weighted by atomic mass is 10.3. The molecule has 3 amide bonds. The molecule has 0 bridgehead atoms. The minimum absolute atomic E-state index is 0.00183. The number of halogens is 1. The Morgan fingerprint density at radius 1 is 1.22 bits per heavy atom. The summed E-state index contributed by atoms with van der Waals surface area (Å²) in [5, 5.41) is 15.2. The Morgan fingerprint density at radius 3 is 2.78 bits per heavy atom. The van der Waals surface area contributed by atoms with Gasteiger partial charge < -0.3 is 9.88 Å². The molecule has 3 rings (SSSR count). The monoisotopic (exact) mass is 405 g/mol. The van der Waals surface area contributed by atoms with Gasteiger partial charge in [-0.25, -0.2) is 9.18 Å². The highest BCUT2D eigenvalue weighted by molar-refractivity contribution is 7.99. The highest BCUT2D eigenvalue weighted by Gasteiger charge is 2.14. The van der Waals surface area contributed by atoms with Crippen LogP contribution in [0.2, 0.25) is 0 Å². The average molecular weight is 405 g/mol. The van der Waals surface area contributed by atoms with Crippen molar-refractivity contribution in [2.45, 2.75) is 11.6 Å². The van der Waals surface area contributed by atoms with E-state index in [1.165, 1.54) is 34.8 Å². The Labute approximate surface area is 163 Å². The Morgan fingerprint density at radius 2 is 2.04 bits per heavy atom. The molecule has 0 aliphatic carbocycles. The fourth-order valence-corrected chi connectivity index (χ4v) is 3.63. The van der Waals surface area contributed by atoms with Crippen LogP contribution >= 0.6 is 23.1 Å². The number of benzene rings is 1. The number of urea groups is 1. The summed E-state index contributed by atoms with van der Waals surface area (Å²) in [4.78, 5) is 24.9. The van der Waals surface area contributed by atoms with Crippen LogP contribution in [-0.4, -0.2) is 32.5 Å². The van der Waals surface area contributed by atoms with Crippen LogP contribution in [-0.2, 0) is 18.3 Å². The zero-order chi connectivity index (χ0) is 19.2. The summed E-state index contributed by atoms with van der Waals surface area (Å²) in [6, 6.07) is 8.92. The third kappa shape index (κ3) is 5.14. The Kier molecular flexibility index (Phi) is 6.20. The van der Waals surface area contributed by atoms with Gasteiger partial charge in [0.05, 0.1) is 11.4 Å². The molecule has 0 fully saturated rings. The van der Waals surface area contributed by atoms with E-state index >= 15 is 0 Å². The SMILES string of the molecule is Cn1c(Cc2cccs2)nnc1SCC(=O)NC(=O)Nc1ccccc1F. The van der Waals surface area contributed by atoms with Gasteiger partial charge in [0.2, 0.25) is 5.91 Å². The van der Waals surface area contributed by atoms with Crippen LogP contribution in [0.4, 0.5) is 14.9 Å². The third-order valence-electron chi connectivity index (χ3n) is 3.54. The van der Waals surface area contributed by atoms with Crippen molar-refractivity contribution in [1.82, 2.24) is 20.1 Å². The summed E-state index contributed by atoms with van der Waals surface area (Å²) in [6.07, 6.45) is 0.666. The first kappa shape index (κ1) is 19.1. The first-order valence-electron chi connectivity index (χ1n) is 7.91. The predicted molar refractivity (Wildman–Crippen MR) is 102 cm³/mol. The van der Waals surface area contributed by atoms with E-state index in [1.54, 1.807) is 17.4 Å². The zero-order valence-electron chi connectivity index (χ0n) is 14.3. The van der Waals surface area contributed by atoms with Gasteiger partial charge in [0.25, 0.3) is 0 Å². The summed E-state index contributed by atoms with van der Waals surface area (Å²) in [7, 11) is 1.83. The highest BCUT2D eigenvalue weighted by Crippen LogP contribution is 2.19. The van der Waals surface area contributed by atoms with Gasteiger partial charge >= 0.3 is 6.03 Å². The maximum atomic E-state index is 13.5. The van der Waals surface area contributed by atoms with Crippen LogP contribution in [0.5, 0.6) is 0 Å². The molecule has 2 N–H and O–H groups in total. The van der Waals surface area contributed by atoms with Crippen LogP contribution in [0.3, 0.4) is 0 Å². The Balaban J connectivity index is 1.50. The van der Waals surface area contributed by atoms with E-state index in [-0.39, 0.29) is 11.4 Å². The molecule has 0 saturated carbocycles. The number of thiophene rings is 1. The number of thioether (sulfide) groups is 1. The summed E-state index contributed by atoms with van der Waals surface area (Å²) >= 11 is 2.81.